The lowest BCUT2D eigenvalue weighted by atomic mass is 10.1. The fraction of sp³-hybridized carbons (Fsp3) is 0.500. The van der Waals surface area contributed by atoms with Gasteiger partial charge in [0, 0.05) is 31.5 Å². The van der Waals surface area contributed by atoms with E-state index in [4.69, 9.17) is 9.72 Å². The molecule has 6 heteroatoms. The number of rotatable bonds is 11. The van der Waals surface area contributed by atoms with E-state index in [1.807, 2.05) is 31.3 Å². The fourth-order valence-electron chi connectivity index (χ4n) is 3.44. The molecule has 0 fully saturated rings. The molecular formula is C22H30N4O2. The van der Waals surface area contributed by atoms with Gasteiger partial charge in [-0.15, -0.1) is 0 Å². The van der Waals surface area contributed by atoms with Crippen molar-refractivity contribution in [2.75, 3.05) is 13.2 Å². The molecule has 150 valence electrons. The maximum absolute atomic E-state index is 11.7. The molecule has 3 aromatic rings. The normalized spacial score (nSPS) is 11.4. The summed E-state index contributed by atoms with van der Waals surface area (Å²) in [4.78, 5) is 21.0. The van der Waals surface area contributed by atoms with E-state index in [1.54, 1.807) is 0 Å². The van der Waals surface area contributed by atoms with Gasteiger partial charge in [0.2, 0.25) is 5.91 Å². The number of hydrogen-bond donors (Lipinski definition) is 1. The second-order valence-corrected chi connectivity index (χ2v) is 6.99. The van der Waals surface area contributed by atoms with Gasteiger partial charge in [0.05, 0.1) is 17.2 Å². The molecule has 1 N–H and O–H groups in total. The van der Waals surface area contributed by atoms with Crippen LogP contribution in [0.5, 0.6) is 0 Å². The number of nitrogens with zero attached hydrogens (tertiary/aromatic N) is 3. The van der Waals surface area contributed by atoms with Crippen LogP contribution in [0.15, 0.2) is 30.5 Å². The summed E-state index contributed by atoms with van der Waals surface area (Å²) in [6.45, 7) is 6.85. The number of aromatic nitrogens is 3. The largest absolute Gasteiger partial charge is 0.374 e. The number of amides is 1. The molecule has 0 radical (unpaired) electrons. The maximum Gasteiger partial charge on any atom is 0.219 e. The number of pyridine rings is 1. The standard InChI is InChI=1S/C22H30N4O2/c1-3-13-23-21(27)12-6-5-9-14-26-20(16-28-4-2)25-19-15-24-18-11-8-7-10-17(18)22(19)26/h7-8,10-11,15H,3-6,9,12-14,16H2,1-2H3,(H,23,27). The van der Waals surface area contributed by atoms with E-state index in [9.17, 15) is 4.79 Å². The average Bonchev–Trinajstić information content (AvgIpc) is 3.08. The Hall–Kier alpha value is -2.47. The topological polar surface area (TPSA) is 69.0 Å². The Kier molecular flexibility index (Phi) is 7.37. The highest BCUT2D eigenvalue weighted by atomic mass is 16.5. The lowest BCUT2D eigenvalue weighted by molar-refractivity contribution is -0.121. The molecular weight excluding hydrogens is 352 g/mol. The summed E-state index contributed by atoms with van der Waals surface area (Å²) in [5.41, 5.74) is 3.01. The van der Waals surface area contributed by atoms with Crippen LogP contribution in [0.1, 0.15) is 51.8 Å². The third kappa shape index (κ3) is 4.87. The van der Waals surface area contributed by atoms with Crippen LogP contribution in [0.2, 0.25) is 0 Å². The lowest BCUT2D eigenvalue weighted by Crippen LogP contribution is -2.23. The van der Waals surface area contributed by atoms with Gasteiger partial charge in [-0.3, -0.25) is 9.78 Å². The Labute approximate surface area is 166 Å². The zero-order chi connectivity index (χ0) is 19.8. The van der Waals surface area contributed by atoms with Crippen LogP contribution in [0.3, 0.4) is 0 Å². The Balaban J connectivity index is 1.72. The second kappa shape index (κ2) is 10.2. The molecule has 3 rings (SSSR count). The maximum atomic E-state index is 11.7. The molecule has 28 heavy (non-hydrogen) atoms. The molecule has 1 aromatic carbocycles. The summed E-state index contributed by atoms with van der Waals surface area (Å²) in [6.07, 6.45) is 6.35. The van der Waals surface area contributed by atoms with Crippen LogP contribution in [-0.4, -0.2) is 33.6 Å². The lowest BCUT2D eigenvalue weighted by Gasteiger charge is -2.11. The quantitative estimate of drug-likeness (QED) is 0.505. The minimum absolute atomic E-state index is 0.157. The number of unbranched alkanes of at least 4 members (excludes halogenated alkanes) is 2. The summed E-state index contributed by atoms with van der Waals surface area (Å²) in [5.74, 6) is 1.10. The molecule has 2 aromatic heterocycles. The molecule has 0 atom stereocenters. The van der Waals surface area contributed by atoms with Gasteiger partial charge < -0.3 is 14.6 Å². The first kappa shape index (κ1) is 20.3. The Morgan fingerprint density at radius 2 is 2.00 bits per heavy atom. The summed E-state index contributed by atoms with van der Waals surface area (Å²) in [5, 5.41) is 4.06. The minimum Gasteiger partial charge on any atom is -0.374 e. The second-order valence-electron chi connectivity index (χ2n) is 6.99. The van der Waals surface area contributed by atoms with Crippen molar-refractivity contribution in [3.63, 3.8) is 0 Å². The first-order chi connectivity index (χ1) is 13.7. The Bertz CT molecular complexity index is 919. The zero-order valence-corrected chi connectivity index (χ0v) is 16.9. The number of para-hydroxylation sites is 1. The van der Waals surface area contributed by atoms with Gasteiger partial charge in [-0.25, -0.2) is 4.98 Å². The van der Waals surface area contributed by atoms with Crippen LogP contribution in [0.25, 0.3) is 21.9 Å². The van der Waals surface area contributed by atoms with Crippen molar-refractivity contribution < 1.29 is 9.53 Å². The van der Waals surface area contributed by atoms with Crippen LogP contribution < -0.4 is 5.32 Å². The van der Waals surface area contributed by atoms with E-state index < -0.39 is 0 Å². The van der Waals surface area contributed by atoms with Crippen molar-refractivity contribution in [2.24, 2.45) is 0 Å². The number of ether oxygens (including phenoxy) is 1. The van der Waals surface area contributed by atoms with E-state index in [0.717, 1.165) is 66.5 Å². The third-order valence-electron chi connectivity index (χ3n) is 4.85. The summed E-state index contributed by atoms with van der Waals surface area (Å²) >= 11 is 0. The van der Waals surface area contributed by atoms with E-state index in [1.165, 1.54) is 0 Å². The van der Waals surface area contributed by atoms with Crippen molar-refractivity contribution in [3.8, 4) is 0 Å². The molecule has 0 aliphatic rings. The predicted octanol–water partition coefficient (Wildman–Crippen LogP) is 4.21. The van der Waals surface area contributed by atoms with Crippen LogP contribution >= 0.6 is 0 Å². The highest BCUT2D eigenvalue weighted by molar-refractivity contribution is 6.02. The molecule has 0 saturated carbocycles. The van der Waals surface area contributed by atoms with Gasteiger partial charge in [0.15, 0.2) is 0 Å². The van der Waals surface area contributed by atoms with Crippen LogP contribution in [0.4, 0.5) is 0 Å². The van der Waals surface area contributed by atoms with Crippen molar-refractivity contribution >= 4 is 27.8 Å². The van der Waals surface area contributed by atoms with Gasteiger partial charge in [-0.2, -0.15) is 0 Å². The smallest absolute Gasteiger partial charge is 0.219 e. The molecule has 0 saturated heterocycles. The number of benzene rings is 1. The number of hydrogen-bond acceptors (Lipinski definition) is 4. The first-order valence-electron chi connectivity index (χ1n) is 10.3. The fourth-order valence-corrected chi connectivity index (χ4v) is 3.44. The van der Waals surface area contributed by atoms with Crippen molar-refractivity contribution in [1.29, 1.82) is 0 Å². The molecule has 0 spiro atoms. The molecule has 0 aliphatic carbocycles. The summed E-state index contributed by atoms with van der Waals surface area (Å²) < 4.78 is 7.91. The minimum atomic E-state index is 0.157. The monoisotopic (exact) mass is 382 g/mol. The molecule has 6 nitrogen and oxygen atoms in total. The zero-order valence-electron chi connectivity index (χ0n) is 16.9. The number of fused-ring (bicyclic) bond motifs is 3. The van der Waals surface area contributed by atoms with Crippen molar-refractivity contribution in [2.45, 2.75) is 59.1 Å². The third-order valence-corrected chi connectivity index (χ3v) is 4.85. The van der Waals surface area contributed by atoms with E-state index >= 15 is 0 Å². The van der Waals surface area contributed by atoms with Crippen molar-refractivity contribution in [1.82, 2.24) is 19.9 Å². The van der Waals surface area contributed by atoms with E-state index in [2.05, 4.69) is 27.9 Å². The van der Waals surface area contributed by atoms with Crippen molar-refractivity contribution in [3.05, 3.63) is 36.3 Å². The van der Waals surface area contributed by atoms with Gasteiger partial charge in [0.25, 0.3) is 0 Å². The van der Waals surface area contributed by atoms with E-state index in [0.29, 0.717) is 19.6 Å². The average molecular weight is 383 g/mol. The highest BCUT2D eigenvalue weighted by Crippen LogP contribution is 2.25. The highest BCUT2D eigenvalue weighted by Gasteiger charge is 2.14. The SMILES string of the molecule is CCCNC(=O)CCCCCn1c(COCC)nc2cnc3ccccc3c21. The number of aryl methyl sites for hydroxylation is 1. The summed E-state index contributed by atoms with van der Waals surface area (Å²) in [6, 6.07) is 8.18. The van der Waals surface area contributed by atoms with Gasteiger partial charge in [-0.05, 0) is 32.3 Å². The van der Waals surface area contributed by atoms with E-state index in [-0.39, 0.29) is 5.91 Å². The Morgan fingerprint density at radius 3 is 2.82 bits per heavy atom. The van der Waals surface area contributed by atoms with Gasteiger partial charge >= 0.3 is 0 Å². The number of carbonyl (C=O) groups excluding carboxylic acids is 1. The Morgan fingerprint density at radius 1 is 1.14 bits per heavy atom. The molecule has 0 unspecified atom stereocenters. The van der Waals surface area contributed by atoms with Crippen LogP contribution in [-0.2, 0) is 22.7 Å². The molecule has 0 aliphatic heterocycles. The summed E-state index contributed by atoms with van der Waals surface area (Å²) in [7, 11) is 0. The number of imidazole rings is 1. The number of carbonyl (C=O) groups is 1. The predicted molar refractivity (Wildman–Crippen MR) is 112 cm³/mol. The molecule has 0 bridgehead atoms. The van der Waals surface area contributed by atoms with Gasteiger partial charge in [0.1, 0.15) is 17.9 Å². The van der Waals surface area contributed by atoms with Crippen LogP contribution in [0, 0.1) is 0 Å². The number of nitrogens with one attached hydrogen (secondary N) is 1. The van der Waals surface area contributed by atoms with Gasteiger partial charge in [-0.1, -0.05) is 31.5 Å². The molecule has 1 amide bonds. The molecule has 2 heterocycles. The first-order valence-corrected chi connectivity index (χ1v) is 10.3.